The number of ether oxygens (including phenoxy) is 1. The van der Waals surface area contributed by atoms with Gasteiger partial charge in [0.15, 0.2) is 0 Å². The van der Waals surface area contributed by atoms with E-state index in [1.54, 1.807) is 0 Å². The van der Waals surface area contributed by atoms with Crippen LogP contribution >= 0.6 is 0 Å². The normalized spacial score (nSPS) is 8.64. The van der Waals surface area contributed by atoms with Gasteiger partial charge < -0.3 is 9.84 Å². The maximum Gasteiger partial charge on any atom is 0.428 e. The van der Waals surface area contributed by atoms with Crippen molar-refractivity contribution in [1.82, 2.24) is 10.4 Å². The minimum absolute atomic E-state index is 0.665. The first kappa shape index (κ1) is 9.70. The first-order chi connectivity index (χ1) is 5.11. The summed E-state index contributed by atoms with van der Waals surface area (Å²) in [5.74, 6) is -0.669. The Labute approximate surface area is 63.7 Å². The number of aliphatic hydroxyl groups excluding tert-OH is 1. The minimum atomic E-state index is -0.702. The van der Waals surface area contributed by atoms with Gasteiger partial charge in [0.25, 0.3) is 5.91 Å². The zero-order chi connectivity index (χ0) is 8.85. The molecule has 0 saturated carbocycles. The van der Waals surface area contributed by atoms with Gasteiger partial charge in [-0.25, -0.2) is 9.80 Å². The predicted octanol–water partition coefficient (Wildman–Crippen LogP) is -1.29. The molecule has 64 valence electrons. The fourth-order valence-electron chi connectivity index (χ4n) is 0.405. The molecular formula is C5H10N2O4. The molecule has 2 amide bonds. The molecular weight excluding hydrogens is 152 g/mol. The van der Waals surface area contributed by atoms with Crippen LogP contribution in [0.25, 0.3) is 0 Å². The van der Waals surface area contributed by atoms with Crippen LogP contribution in [0, 0.1) is 0 Å². The van der Waals surface area contributed by atoms with Crippen LogP contribution in [-0.2, 0) is 9.53 Å². The number of carbonyl (C=O) groups is 2. The molecule has 0 aromatic rings. The number of nitrogens with one attached hydrogen (secondary N) is 1. The number of rotatable bonds is 1. The van der Waals surface area contributed by atoms with Gasteiger partial charge in [0, 0.05) is 7.05 Å². The van der Waals surface area contributed by atoms with Crippen LogP contribution in [0.5, 0.6) is 0 Å². The summed E-state index contributed by atoms with van der Waals surface area (Å²) in [6.45, 7) is -0.665. The van der Waals surface area contributed by atoms with Gasteiger partial charge in [-0.3, -0.25) is 10.2 Å². The highest BCUT2D eigenvalue weighted by atomic mass is 16.5. The summed E-state index contributed by atoms with van der Waals surface area (Å²) in [7, 11) is 2.49. The lowest BCUT2D eigenvalue weighted by molar-refractivity contribution is -0.127. The van der Waals surface area contributed by atoms with E-state index in [2.05, 4.69) is 10.2 Å². The van der Waals surface area contributed by atoms with Crippen molar-refractivity contribution in [1.29, 1.82) is 0 Å². The number of carbonyl (C=O) groups excluding carboxylic acids is 2. The van der Waals surface area contributed by atoms with Gasteiger partial charge in [0.1, 0.15) is 6.61 Å². The molecule has 0 spiro atoms. The molecule has 0 heterocycles. The topological polar surface area (TPSA) is 78.9 Å². The largest absolute Gasteiger partial charge is 0.452 e. The Hall–Kier alpha value is -1.30. The van der Waals surface area contributed by atoms with Crippen molar-refractivity contribution >= 4 is 12.0 Å². The number of hydrogen-bond acceptors (Lipinski definition) is 4. The van der Waals surface area contributed by atoms with E-state index in [0.717, 1.165) is 5.01 Å². The van der Waals surface area contributed by atoms with Crippen molar-refractivity contribution in [2.24, 2.45) is 0 Å². The van der Waals surface area contributed by atoms with Gasteiger partial charge in [-0.2, -0.15) is 0 Å². The average molecular weight is 162 g/mol. The Kier molecular flexibility index (Phi) is 3.97. The molecule has 0 aromatic carbocycles. The molecule has 6 nitrogen and oxygen atoms in total. The van der Waals surface area contributed by atoms with Crippen molar-refractivity contribution in [2.45, 2.75) is 0 Å². The lowest BCUT2D eigenvalue weighted by Crippen LogP contribution is -2.44. The third kappa shape index (κ3) is 3.41. The Balaban J connectivity index is 3.77. The second kappa shape index (κ2) is 4.51. The molecule has 11 heavy (non-hydrogen) atoms. The number of aliphatic hydroxyl groups is 1. The SMILES string of the molecule is COC(=O)N(C)NC(=O)CO. The number of nitrogens with zero attached hydrogens (tertiary/aromatic N) is 1. The van der Waals surface area contributed by atoms with Crippen LogP contribution in [0.15, 0.2) is 0 Å². The molecule has 0 aliphatic rings. The van der Waals surface area contributed by atoms with Gasteiger partial charge >= 0.3 is 6.09 Å². The van der Waals surface area contributed by atoms with E-state index in [9.17, 15) is 9.59 Å². The summed E-state index contributed by atoms with van der Waals surface area (Å²) in [6.07, 6.45) is -0.702. The molecule has 0 rings (SSSR count). The van der Waals surface area contributed by atoms with Crippen LogP contribution in [-0.4, -0.2) is 42.9 Å². The maximum absolute atomic E-state index is 10.6. The van der Waals surface area contributed by atoms with E-state index in [1.807, 2.05) is 0 Å². The standard InChI is InChI=1S/C5H10N2O4/c1-7(5(10)11-2)6-4(9)3-8/h8H,3H2,1-2H3,(H,6,9). The third-order valence-electron chi connectivity index (χ3n) is 0.884. The molecule has 0 radical (unpaired) electrons. The van der Waals surface area contributed by atoms with Crippen molar-refractivity contribution in [3.8, 4) is 0 Å². The first-order valence-electron chi connectivity index (χ1n) is 2.83. The number of methoxy groups -OCH3 is 1. The second-order valence-corrected chi connectivity index (χ2v) is 1.72. The number of hydrazine groups is 1. The Morgan fingerprint density at radius 3 is 2.55 bits per heavy atom. The molecule has 0 fully saturated rings. The van der Waals surface area contributed by atoms with Gasteiger partial charge in [-0.1, -0.05) is 0 Å². The monoisotopic (exact) mass is 162 g/mol. The van der Waals surface area contributed by atoms with E-state index in [-0.39, 0.29) is 0 Å². The summed E-state index contributed by atoms with van der Waals surface area (Å²) in [4.78, 5) is 21.0. The van der Waals surface area contributed by atoms with Crippen LogP contribution < -0.4 is 5.43 Å². The summed E-state index contributed by atoms with van der Waals surface area (Å²) >= 11 is 0. The molecule has 0 bridgehead atoms. The molecule has 6 heteroatoms. The van der Waals surface area contributed by atoms with Crippen LogP contribution in [0.2, 0.25) is 0 Å². The van der Waals surface area contributed by atoms with Crippen molar-refractivity contribution < 1.29 is 19.4 Å². The summed E-state index contributed by atoms with van der Waals surface area (Å²) in [5.41, 5.74) is 2.05. The van der Waals surface area contributed by atoms with E-state index in [1.165, 1.54) is 14.2 Å². The van der Waals surface area contributed by atoms with Gasteiger partial charge in [0.05, 0.1) is 7.11 Å². The second-order valence-electron chi connectivity index (χ2n) is 1.72. The fourth-order valence-corrected chi connectivity index (χ4v) is 0.405. The van der Waals surface area contributed by atoms with Crippen LogP contribution in [0.1, 0.15) is 0 Å². The van der Waals surface area contributed by atoms with E-state index < -0.39 is 18.6 Å². The molecule has 0 aromatic heterocycles. The molecule has 0 aliphatic heterocycles. The fraction of sp³-hybridized carbons (Fsp3) is 0.600. The quantitative estimate of drug-likeness (QED) is 0.470. The Bertz CT molecular complexity index is 159. The lowest BCUT2D eigenvalue weighted by atomic mass is 10.7. The molecule has 2 N–H and O–H groups in total. The zero-order valence-electron chi connectivity index (χ0n) is 6.33. The predicted molar refractivity (Wildman–Crippen MR) is 35.4 cm³/mol. The zero-order valence-corrected chi connectivity index (χ0v) is 6.33. The van der Waals surface area contributed by atoms with Gasteiger partial charge in [-0.05, 0) is 0 Å². The van der Waals surface area contributed by atoms with E-state index in [0.29, 0.717) is 0 Å². The average Bonchev–Trinajstić information content (AvgIpc) is 2.02. The highest BCUT2D eigenvalue weighted by Gasteiger charge is 2.09. The summed E-state index contributed by atoms with van der Waals surface area (Å²) in [5, 5.41) is 9.08. The molecule has 0 aliphatic carbocycles. The van der Waals surface area contributed by atoms with Crippen molar-refractivity contribution in [3.63, 3.8) is 0 Å². The van der Waals surface area contributed by atoms with Gasteiger partial charge in [-0.15, -0.1) is 0 Å². The first-order valence-corrected chi connectivity index (χ1v) is 2.83. The highest BCUT2D eigenvalue weighted by molar-refractivity contribution is 5.79. The smallest absolute Gasteiger partial charge is 0.428 e. The molecule has 0 saturated heterocycles. The number of hydrogen-bond donors (Lipinski definition) is 2. The van der Waals surface area contributed by atoms with E-state index in [4.69, 9.17) is 5.11 Å². The highest BCUT2D eigenvalue weighted by Crippen LogP contribution is 1.81. The van der Waals surface area contributed by atoms with Crippen molar-refractivity contribution in [3.05, 3.63) is 0 Å². The minimum Gasteiger partial charge on any atom is -0.452 e. The molecule has 0 atom stereocenters. The Morgan fingerprint density at radius 1 is 1.64 bits per heavy atom. The molecule has 0 unspecified atom stereocenters. The van der Waals surface area contributed by atoms with Crippen molar-refractivity contribution in [2.75, 3.05) is 20.8 Å². The number of amides is 2. The van der Waals surface area contributed by atoms with E-state index >= 15 is 0 Å². The maximum atomic E-state index is 10.6. The summed E-state index contributed by atoms with van der Waals surface area (Å²) in [6, 6.07) is 0. The van der Waals surface area contributed by atoms with Gasteiger partial charge in [0.2, 0.25) is 0 Å². The summed E-state index contributed by atoms with van der Waals surface area (Å²) < 4.78 is 4.25. The third-order valence-corrected chi connectivity index (χ3v) is 0.884. The Morgan fingerprint density at radius 2 is 2.18 bits per heavy atom. The lowest BCUT2D eigenvalue weighted by Gasteiger charge is -2.15. The van der Waals surface area contributed by atoms with Crippen LogP contribution in [0.3, 0.4) is 0 Å². The van der Waals surface area contributed by atoms with Crippen LogP contribution in [0.4, 0.5) is 4.79 Å².